The maximum absolute atomic E-state index is 11.9. The third-order valence-corrected chi connectivity index (χ3v) is 4.09. The fourth-order valence-electron chi connectivity index (χ4n) is 2.43. The Labute approximate surface area is 155 Å². The molecule has 1 aromatic carbocycles. The van der Waals surface area contributed by atoms with E-state index in [-0.39, 0.29) is 16.2 Å². The van der Waals surface area contributed by atoms with Crippen LogP contribution in [0.1, 0.15) is 6.92 Å². The van der Waals surface area contributed by atoms with Gasteiger partial charge in [-0.15, -0.1) is 0 Å². The maximum atomic E-state index is 11.9. The number of methoxy groups -OCH3 is 2. The first-order valence-electron chi connectivity index (χ1n) is 7.97. The first-order chi connectivity index (χ1) is 12.4. The van der Waals surface area contributed by atoms with Crippen molar-refractivity contribution in [2.24, 2.45) is 5.73 Å². The number of carbonyl (C=O) groups is 1. The average Bonchev–Trinajstić information content (AvgIpc) is 2.62. The molecule has 1 heterocycles. The predicted molar refractivity (Wildman–Crippen MR) is 101 cm³/mol. The maximum Gasteiger partial charge on any atom is 0.252 e. The van der Waals surface area contributed by atoms with Crippen LogP contribution in [0.5, 0.6) is 11.5 Å². The van der Waals surface area contributed by atoms with Crippen LogP contribution < -0.4 is 26.1 Å². The van der Waals surface area contributed by atoms with Gasteiger partial charge in [0.15, 0.2) is 4.77 Å². The molecule has 0 unspecified atom stereocenters. The second-order valence-corrected chi connectivity index (χ2v) is 6.01. The van der Waals surface area contributed by atoms with E-state index in [0.717, 1.165) is 0 Å². The third kappa shape index (κ3) is 4.50. The molecule has 2 rings (SSSR count). The summed E-state index contributed by atoms with van der Waals surface area (Å²) in [7, 11) is 3.09. The van der Waals surface area contributed by atoms with Gasteiger partial charge in [0, 0.05) is 30.8 Å². The van der Waals surface area contributed by atoms with Crippen molar-refractivity contribution < 1.29 is 14.3 Å². The number of carbonyl (C=O) groups excluding carboxylic acids is 1. The minimum absolute atomic E-state index is 0.250. The molecule has 0 aliphatic rings. The summed E-state index contributed by atoms with van der Waals surface area (Å²) in [6.07, 6.45) is 0. The number of nitrogens with zero attached hydrogens (tertiary/aromatic N) is 1. The number of aromatic amines is 1. The van der Waals surface area contributed by atoms with E-state index in [0.29, 0.717) is 35.8 Å². The Morgan fingerprint density at radius 3 is 2.69 bits per heavy atom. The summed E-state index contributed by atoms with van der Waals surface area (Å²) in [5, 5.41) is 2.72. The van der Waals surface area contributed by atoms with Gasteiger partial charge < -0.3 is 25.1 Å². The van der Waals surface area contributed by atoms with Crippen molar-refractivity contribution in [1.29, 1.82) is 0 Å². The minimum atomic E-state index is -0.597. The quantitative estimate of drug-likeness (QED) is 0.621. The monoisotopic (exact) mass is 378 g/mol. The molecule has 0 fully saturated rings. The first-order valence-corrected chi connectivity index (χ1v) is 8.38. The highest BCUT2D eigenvalue weighted by Crippen LogP contribution is 2.32. The van der Waals surface area contributed by atoms with Gasteiger partial charge in [0.2, 0.25) is 5.91 Å². The van der Waals surface area contributed by atoms with Gasteiger partial charge in [0.25, 0.3) is 5.56 Å². The van der Waals surface area contributed by atoms with Crippen LogP contribution in [0.4, 0.5) is 0 Å². The molecule has 140 valence electrons. The number of hydrogen-bond donors (Lipinski definition) is 3. The molecule has 1 aromatic heterocycles. The number of rotatable bonds is 7. The standard InChI is InChI=1S/C17H22N4O4S/c1-10(18)16(23)19-6-7-21-13(9-15(22)20-17(21)26)12-5-4-11(24-2)8-14(12)25-3/h4-5,8-10H,6-7,18H2,1-3H3,(H,19,23)(H,20,22,26)/t10-/m1/s1. The molecule has 1 amide bonds. The first kappa shape index (κ1) is 19.7. The lowest BCUT2D eigenvalue weighted by molar-refractivity contribution is -0.122. The Balaban J connectivity index is 2.44. The summed E-state index contributed by atoms with van der Waals surface area (Å²) >= 11 is 5.29. The molecular formula is C17H22N4O4S. The van der Waals surface area contributed by atoms with Crippen LogP contribution in [-0.2, 0) is 11.3 Å². The highest BCUT2D eigenvalue weighted by molar-refractivity contribution is 7.71. The zero-order chi connectivity index (χ0) is 19.3. The Kier molecular flexibility index (Phi) is 6.53. The van der Waals surface area contributed by atoms with Gasteiger partial charge in [0.05, 0.1) is 26.0 Å². The van der Waals surface area contributed by atoms with Gasteiger partial charge in [-0.1, -0.05) is 0 Å². The Morgan fingerprint density at radius 2 is 2.08 bits per heavy atom. The number of H-pyrrole nitrogens is 1. The zero-order valence-electron chi connectivity index (χ0n) is 14.9. The van der Waals surface area contributed by atoms with Gasteiger partial charge in [0.1, 0.15) is 11.5 Å². The van der Waals surface area contributed by atoms with Crippen LogP contribution in [0.15, 0.2) is 29.1 Å². The second-order valence-electron chi connectivity index (χ2n) is 5.62. The third-order valence-electron chi connectivity index (χ3n) is 3.77. The summed E-state index contributed by atoms with van der Waals surface area (Å²) in [6.45, 7) is 2.28. The largest absolute Gasteiger partial charge is 0.497 e. The molecule has 0 spiro atoms. The second kappa shape index (κ2) is 8.63. The molecule has 0 bridgehead atoms. The van der Waals surface area contributed by atoms with Crippen LogP contribution in [-0.4, -0.2) is 42.3 Å². The van der Waals surface area contributed by atoms with E-state index < -0.39 is 6.04 Å². The number of aromatic nitrogens is 2. The topological polar surface area (TPSA) is 111 Å². The van der Waals surface area contributed by atoms with Crippen molar-refractivity contribution in [2.75, 3.05) is 20.8 Å². The summed E-state index contributed by atoms with van der Waals surface area (Å²) in [5.74, 6) is 0.909. The molecule has 0 saturated heterocycles. The molecule has 2 aromatic rings. The number of nitrogens with one attached hydrogen (secondary N) is 2. The number of nitrogens with two attached hydrogens (primary N) is 1. The Hall–Kier alpha value is -2.65. The van der Waals surface area contributed by atoms with Crippen molar-refractivity contribution in [1.82, 2.24) is 14.9 Å². The average molecular weight is 378 g/mol. The van der Waals surface area contributed by atoms with Gasteiger partial charge in [-0.05, 0) is 31.3 Å². The Bertz CT molecular complexity index is 904. The van der Waals surface area contributed by atoms with Gasteiger partial charge in [-0.2, -0.15) is 0 Å². The lowest BCUT2D eigenvalue weighted by Crippen LogP contribution is -2.39. The number of amides is 1. The smallest absolute Gasteiger partial charge is 0.252 e. The molecule has 26 heavy (non-hydrogen) atoms. The van der Waals surface area contributed by atoms with Crippen molar-refractivity contribution >= 4 is 18.1 Å². The summed E-state index contributed by atoms with van der Waals surface area (Å²) < 4.78 is 12.6. The van der Waals surface area contributed by atoms with E-state index in [1.54, 1.807) is 36.8 Å². The van der Waals surface area contributed by atoms with Gasteiger partial charge in [-0.25, -0.2) is 0 Å². The number of ether oxygens (including phenoxy) is 2. The molecule has 0 radical (unpaired) electrons. The van der Waals surface area contributed by atoms with Gasteiger partial charge >= 0.3 is 0 Å². The molecule has 9 heteroatoms. The Morgan fingerprint density at radius 1 is 1.35 bits per heavy atom. The van der Waals surface area contributed by atoms with Gasteiger partial charge in [-0.3, -0.25) is 14.6 Å². The summed E-state index contributed by atoms with van der Waals surface area (Å²) in [4.78, 5) is 26.2. The van der Waals surface area contributed by atoms with E-state index in [9.17, 15) is 9.59 Å². The fraction of sp³-hybridized carbons (Fsp3) is 0.353. The normalized spacial score (nSPS) is 11.7. The molecule has 0 aliphatic carbocycles. The summed E-state index contributed by atoms with van der Waals surface area (Å²) in [5.41, 5.74) is 6.48. The zero-order valence-corrected chi connectivity index (χ0v) is 15.7. The van der Waals surface area contributed by atoms with E-state index in [1.165, 1.54) is 13.2 Å². The lowest BCUT2D eigenvalue weighted by Gasteiger charge is -2.17. The molecular weight excluding hydrogens is 356 g/mol. The molecule has 1 atom stereocenters. The molecule has 0 aliphatic heterocycles. The van der Waals surface area contributed by atoms with Crippen LogP contribution in [0.2, 0.25) is 0 Å². The van der Waals surface area contributed by atoms with Crippen molar-refractivity contribution in [3.63, 3.8) is 0 Å². The van der Waals surface area contributed by atoms with Crippen molar-refractivity contribution in [3.05, 3.63) is 39.4 Å². The summed E-state index contributed by atoms with van der Waals surface area (Å²) in [6, 6.07) is 6.12. The number of hydrogen-bond acceptors (Lipinski definition) is 6. The highest BCUT2D eigenvalue weighted by Gasteiger charge is 2.14. The van der Waals surface area contributed by atoms with E-state index in [2.05, 4.69) is 10.3 Å². The lowest BCUT2D eigenvalue weighted by atomic mass is 10.1. The molecule has 4 N–H and O–H groups in total. The fourth-order valence-corrected chi connectivity index (χ4v) is 2.72. The molecule has 0 saturated carbocycles. The SMILES string of the molecule is COc1ccc(-c2cc(=O)[nH]c(=S)n2CCNC(=O)[C@@H](C)N)c(OC)c1. The van der Waals surface area contributed by atoms with Crippen LogP contribution in [0, 0.1) is 4.77 Å². The predicted octanol–water partition coefficient (Wildman–Crippen LogP) is 1.05. The van der Waals surface area contributed by atoms with Crippen LogP contribution in [0.3, 0.4) is 0 Å². The van der Waals surface area contributed by atoms with Crippen LogP contribution >= 0.6 is 12.2 Å². The minimum Gasteiger partial charge on any atom is -0.497 e. The number of benzene rings is 1. The molecule has 8 nitrogen and oxygen atoms in total. The van der Waals surface area contributed by atoms with E-state index >= 15 is 0 Å². The van der Waals surface area contributed by atoms with Crippen molar-refractivity contribution in [3.8, 4) is 22.8 Å². The van der Waals surface area contributed by atoms with Crippen LogP contribution in [0.25, 0.3) is 11.3 Å². The van der Waals surface area contributed by atoms with Crippen molar-refractivity contribution in [2.45, 2.75) is 19.5 Å². The van der Waals surface area contributed by atoms with E-state index in [4.69, 9.17) is 27.4 Å². The highest BCUT2D eigenvalue weighted by atomic mass is 32.1. The van der Waals surface area contributed by atoms with E-state index in [1.807, 2.05) is 0 Å².